The number of nitrogens with zero attached hydrogens (tertiary/aromatic N) is 3. The summed E-state index contributed by atoms with van der Waals surface area (Å²) in [6.07, 6.45) is 2.67. The molecule has 0 aromatic rings. The molecule has 1 saturated heterocycles. The number of hydrogen-bond donors (Lipinski definition) is 1. The number of carbonyl (C=O) groups is 2. The Bertz CT molecular complexity index is 572. The SMILES string of the molecule is [C-]#[N+]C1C(=O)[N+](=N)C(=O)C([N+]#[C-])C12CCC(C(C)(C)C)CC2. The first kappa shape index (κ1) is 16.3. The van der Waals surface area contributed by atoms with Gasteiger partial charge in [0.25, 0.3) is 0 Å². The second kappa shape index (κ2) is 5.28. The van der Waals surface area contributed by atoms with Crippen molar-refractivity contribution in [2.75, 3.05) is 0 Å². The molecule has 1 spiro atoms. The van der Waals surface area contributed by atoms with Crippen LogP contribution in [0, 0.1) is 35.4 Å². The van der Waals surface area contributed by atoms with Crippen molar-refractivity contribution in [3.05, 3.63) is 22.8 Å². The van der Waals surface area contributed by atoms with Gasteiger partial charge >= 0.3 is 23.9 Å². The van der Waals surface area contributed by atoms with E-state index in [1.165, 1.54) is 0 Å². The number of rotatable bonds is 0. The van der Waals surface area contributed by atoms with Crippen LogP contribution in [0.1, 0.15) is 46.5 Å². The number of nitrogens with one attached hydrogen (secondary N) is 1. The van der Waals surface area contributed by atoms with Gasteiger partial charge in [-0.15, -0.1) is 0 Å². The zero-order valence-electron chi connectivity index (χ0n) is 13.2. The maximum absolute atomic E-state index is 12.2. The number of hydrogen-bond acceptors (Lipinski definition) is 3. The van der Waals surface area contributed by atoms with Crippen molar-refractivity contribution in [3.63, 3.8) is 0 Å². The molecule has 2 atom stereocenters. The van der Waals surface area contributed by atoms with Crippen molar-refractivity contribution in [1.82, 2.24) is 0 Å². The van der Waals surface area contributed by atoms with E-state index in [-0.39, 0.29) is 10.1 Å². The molecule has 2 rings (SSSR count). The maximum Gasteiger partial charge on any atom is 0.503 e. The standard InChI is InChI=1S/C16H21N4O2/c1-15(2,3)10-6-8-16(9-7-10)11(18-4)13(21)20(17)14(22)12(16)19-5/h10-12,17H,6-9H2,1-3H3/q+1. The lowest BCUT2D eigenvalue weighted by Crippen LogP contribution is -2.61. The van der Waals surface area contributed by atoms with E-state index in [9.17, 15) is 9.59 Å². The van der Waals surface area contributed by atoms with E-state index in [1.54, 1.807) is 0 Å². The van der Waals surface area contributed by atoms with Gasteiger partial charge < -0.3 is 0 Å². The van der Waals surface area contributed by atoms with E-state index in [0.717, 1.165) is 12.8 Å². The number of imide groups is 1. The summed E-state index contributed by atoms with van der Waals surface area (Å²) < 4.78 is 0.229. The van der Waals surface area contributed by atoms with Crippen LogP contribution in [0.4, 0.5) is 0 Å². The van der Waals surface area contributed by atoms with E-state index in [4.69, 9.17) is 18.7 Å². The third kappa shape index (κ3) is 2.23. The number of amides is 2. The van der Waals surface area contributed by atoms with Crippen molar-refractivity contribution < 1.29 is 14.3 Å². The summed E-state index contributed by atoms with van der Waals surface area (Å²) in [4.78, 5) is 31.2. The van der Waals surface area contributed by atoms with Gasteiger partial charge in [0.1, 0.15) is 5.41 Å². The summed E-state index contributed by atoms with van der Waals surface area (Å²) in [5.41, 5.74) is 6.77. The van der Waals surface area contributed by atoms with Gasteiger partial charge in [-0.05, 0) is 42.5 Å². The molecular weight excluding hydrogens is 280 g/mol. The molecule has 1 N–H and O–H groups in total. The van der Waals surface area contributed by atoms with E-state index in [0.29, 0.717) is 18.8 Å². The number of piperidine rings is 1. The van der Waals surface area contributed by atoms with Gasteiger partial charge in [-0.25, -0.2) is 22.7 Å². The van der Waals surface area contributed by atoms with Crippen LogP contribution in [0.3, 0.4) is 0 Å². The molecule has 2 amide bonds. The van der Waals surface area contributed by atoms with Crippen molar-refractivity contribution in [2.45, 2.75) is 58.5 Å². The minimum atomic E-state index is -1.08. The van der Waals surface area contributed by atoms with Crippen LogP contribution in [0.25, 0.3) is 9.69 Å². The van der Waals surface area contributed by atoms with E-state index in [1.807, 2.05) is 0 Å². The van der Waals surface area contributed by atoms with Crippen molar-refractivity contribution in [1.29, 1.82) is 5.53 Å². The Morgan fingerprint density at radius 3 is 1.82 bits per heavy atom. The Morgan fingerprint density at radius 2 is 1.50 bits per heavy atom. The van der Waals surface area contributed by atoms with Crippen LogP contribution in [-0.4, -0.2) is 28.6 Å². The van der Waals surface area contributed by atoms with Gasteiger partial charge in [-0.2, -0.15) is 0 Å². The lowest BCUT2D eigenvalue weighted by Gasteiger charge is -2.42. The molecule has 2 aliphatic rings. The summed E-state index contributed by atoms with van der Waals surface area (Å²) in [5, 5.41) is 0. The molecule has 1 aliphatic heterocycles. The van der Waals surface area contributed by atoms with Crippen LogP contribution < -0.4 is 0 Å². The second-order valence-electron chi connectivity index (χ2n) is 7.45. The van der Waals surface area contributed by atoms with Crippen LogP contribution in [0.5, 0.6) is 0 Å². The van der Waals surface area contributed by atoms with Crippen LogP contribution in [-0.2, 0) is 9.59 Å². The average Bonchev–Trinajstić information content (AvgIpc) is 2.46. The minimum Gasteiger partial charge on any atom is -0.296 e. The van der Waals surface area contributed by atoms with Gasteiger partial charge in [0.15, 0.2) is 0 Å². The van der Waals surface area contributed by atoms with Crippen molar-refractivity contribution >= 4 is 11.8 Å². The van der Waals surface area contributed by atoms with E-state index >= 15 is 0 Å². The van der Waals surface area contributed by atoms with Crippen LogP contribution >= 0.6 is 0 Å². The molecule has 0 bridgehead atoms. The fourth-order valence-corrected chi connectivity index (χ4v) is 3.93. The van der Waals surface area contributed by atoms with E-state index < -0.39 is 29.3 Å². The summed E-state index contributed by atoms with van der Waals surface area (Å²) >= 11 is 0. The highest BCUT2D eigenvalue weighted by Crippen LogP contribution is 2.52. The quantitative estimate of drug-likeness (QED) is 0.424. The lowest BCUT2D eigenvalue weighted by atomic mass is 9.57. The molecule has 0 radical (unpaired) electrons. The Hall–Kier alpha value is -2.08. The summed E-state index contributed by atoms with van der Waals surface area (Å²) in [7, 11) is 0. The molecule has 2 unspecified atom stereocenters. The Kier molecular flexibility index (Phi) is 3.91. The van der Waals surface area contributed by atoms with Gasteiger partial charge in [0, 0.05) is 4.70 Å². The van der Waals surface area contributed by atoms with Crippen molar-refractivity contribution in [2.24, 2.45) is 16.7 Å². The number of carbonyl (C=O) groups excluding carboxylic acids is 2. The Labute approximate surface area is 130 Å². The summed E-state index contributed by atoms with van der Waals surface area (Å²) in [6, 6.07) is -2.16. The molecule has 1 saturated carbocycles. The summed E-state index contributed by atoms with van der Waals surface area (Å²) in [5.74, 6) is -1.08. The fraction of sp³-hybridized carbons (Fsp3) is 0.750. The van der Waals surface area contributed by atoms with Gasteiger partial charge in [0.05, 0.1) is 0 Å². The Balaban J connectivity index is 2.41. The highest BCUT2D eigenvalue weighted by atomic mass is 16.2. The largest absolute Gasteiger partial charge is 0.503 e. The van der Waals surface area contributed by atoms with Gasteiger partial charge in [-0.3, -0.25) is 9.69 Å². The van der Waals surface area contributed by atoms with Crippen LogP contribution in [0.15, 0.2) is 0 Å². The molecule has 0 aromatic carbocycles. The molecule has 1 heterocycles. The minimum absolute atomic E-state index is 0.132. The highest BCUT2D eigenvalue weighted by Gasteiger charge is 2.73. The smallest absolute Gasteiger partial charge is 0.296 e. The van der Waals surface area contributed by atoms with Gasteiger partial charge in [-0.1, -0.05) is 20.8 Å². The first-order valence-corrected chi connectivity index (χ1v) is 7.51. The lowest BCUT2D eigenvalue weighted by molar-refractivity contribution is -0.472. The predicted molar refractivity (Wildman–Crippen MR) is 77.6 cm³/mol. The predicted octanol–water partition coefficient (Wildman–Crippen LogP) is 2.90. The van der Waals surface area contributed by atoms with Crippen LogP contribution in [0.2, 0.25) is 0 Å². The monoisotopic (exact) mass is 301 g/mol. The highest BCUT2D eigenvalue weighted by molar-refractivity contribution is 5.94. The third-order valence-electron chi connectivity index (χ3n) is 5.40. The first-order valence-electron chi connectivity index (χ1n) is 7.51. The molecule has 1 aliphatic carbocycles. The molecule has 6 heteroatoms. The zero-order valence-corrected chi connectivity index (χ0v) is 13.2. The molecule has 116 valence electrons. The third-order valence-corrected chi connectivity index (χ3v) is 5.40. The Morgan fingerprint density at radius 1 is 1.09 bits per heavy atom. The van der Waals surface area contributed by atoms with E-state index in [2.05, 4.69) is 30.5 Å². The molecular formula is C16H21N4O2+. The topological polar surface area (TPSA) is 69.7 Å². The normalized spacial score (nSPS) is 36.0. The molecule has 0 aromatic heterocycles. The average molecular weight is 301 g/mol. The first-order chi connectivity index (χ1) is 10.2. The van der Waals surface area contributed by atoms with Crippen molar-refractivity contribution in [3.8, 4) is 0 Å². The zero-order chi connectivity index (χ0) is 16.7. The fourth-order valence-electron chi connectivity index (χ4n) is 3.93. The van der Waals surface area contributed by atoms with Gasteiger partial charge in [0.2, 0.25) is 0 Å². The maximum atomic E-state index is 12.2. The second-order valence-corrected chi connectivity index (χ2v) is 7.45. The summed E-state index contributed by atoms with van der Waals surface area (Å²) in [6.45, 7) is 21.2. The molecule has 2 fully saturated rings. The molecule has 6 nitrogen and oxygen atoms in total. The molecule has 22 heavy (non-hydrogen) atoms.